The first-order chi connectivity index (χ1) is 9.69. The summed E-state index contributed by atoms with van der Waals surface area (Å²) in [7, 11) is 0. The van der Waals surface area contributed by atoms with Crippen LogP contribution >= 0.6 is 23.4 Å². The molecular weight excluding hydrogens is 294 g/mol. The van der Waals surface area contributed by atoms with Crippen LogP contribution in [-0.4, -0.2) is 41.4 Å². The highest BCUT2D eigenvalue weighted by Gasteiger charge is 2.25. The molecule has 1 unspecified atom stereocenters. The van der Waals surface area contributed by atoms with Crippen LogP contribution in [0.15, 0.2) is 29.2 Å². The van der Waals surface area contributed by atoms with Crippen molar-refractivity contribution in [3.05, 3.63) is 29.3 Å². The molecule has 20 heavy (non-hydrogen) atoms. The number of benzene rings is 1. The summed E-state index contributed by atoms with van der Waals surface area (Å²) >= 11 is 7.51. The molecule has 0 aliphatic carbocycles. The van der Waals surface area contributed by atoms with Crippen molar-refractivity contribution in [1.29, 1.82) is 0 Å². The molecule has 0 spiro atoms. The van der Waals surface area contributed by atoms with Crippen molar-refractivity contribution in [2.24, 2.45) is 5.92 Å². The Balaban J connectivity index is 1.69. The van der Waals surface area contributed by atoms with Crippen LogP contribution in [-0.2, 0) is 4.79 Å². The Morgan fingerprint density at radius 3 is 2.85 bits per heavy atom. The van der Waals surface area contributed by atoms with Crippen LogP contribution in [0.1, 0.15) is 19.3 Å². The number of halogens is 1. The molecule has 1 heterocycles. The van der Waals surface area contributed by atoms with E-state index in [0.717, 1.165) is 41.6 Å². The molecule has 1 amide bonds. The number of hydrogen-bond acceptors (Lipinski definition) is 3. The summed E-state index contributed by atoms with van der Waals surface area (Å²) in [4.78, 5) is 15.1. The molecule has 1 aliphatic rings. The molecule has 1 saturated heterocycles. The third kappa shape index (κ3) is 4.69. The minimum absolute atomic E-state index is 0.221. The van der Waals surface area contributed by atoms with Gasteiger partial charge in [-0.05, 0) is 43.0 Å². The van der Waals surface area contributed by atoms with E-state index in [4.69, 9.17) is 16.7 Å². The predicted octanol–water partition coefficient (Wildman–Crippen LogP) is 3.05. The molecule has 5 heteroatoms. The molecule has 1 aromatic rings. The van der Waals surface area contributed by atoms with Crippen LogP contribution in [0.5, 0.6) is 0 Å². The lowest BCUT2D eigenvalue weighted by molar-refractivity contribution is -0.129. The maximum absolute atomic E-state index is 12.1. The van der Waals surface area contributed by atoms with Crippen LogP contribution in [0.3, 0.4) is 0 Å². The Bertz CT molecular complexity index is 438. The first-order valence-corrected chi connectivity index (χ1v) is 8.32. The second-order valence-electron chi connectivity index (χ2n) is 5.06. The smallest absolute Gasteiger partial charge is 0.223 e. The molecule has 1 aromatic carbocycles. The number of amides is 1. The molecule has 0 saturated carbocycles. The van der Waals surface area contributed by atoms with Gasteiger partial charge in [0.25, 0.3) is 0 Å². The molecule has 1 fully saturated rings. The summed E-state index contributed by atoms with van der Waals surface area (Å²) < 4.78 is 0. The third-order valence-corrected chi connectivity index (χ3v) is 4.84. The molecule has 0 aromatic heterocycles. The molecule has 1 aliphatic heterocycles. The fraction of sp³-hybridized carbons (Fsp3) is 0.533. The Morgan fingerprint density at radius 2 is 2.15 bits per heavy atom. The number of carbonyl (C=O) groups excluding carboxylic acids is 1. The van der Waals surface area contributed by atoms with Crippen molar-refractivity contribution in [1.82, 2.24) is 4.90 Å². The summed E-state index contributed by atoms with van der Waals surface area (Å²) in [6.07, 6.45) is 2.40. The van der Waals surface area contributed by atoms with E-state index in [1.807, 2.05) is 29.2 Å². The van der Waals surface area contributed by atoms with Gasteiger partial charge in [-0.1, -0.05) is 11.6 Å². The minimum atomic E-state index is 0.221. The Kier molecular flexibility index (Phi) is 6.20. The number of carbonyl (C=O) groups is 1. The van der Waals surface area contributed by atoms with E-state index in [9.17, 15) is 4.79 Å². The van der Waals surface area contributed by atoms with Gasteiger partial charge in [-0.2, -0.15) is 0 Å². The SMILES string of the molecule is O=C(CCSc1ccc(Cl)cc1)N1CCC(CCO)C1. The molecule has 110 valence electrons. The zero-order valence-corrected chi connectivity index (χ0v) is 13.0. The van der Waals surface area contributed by atoms with Crippen LogP contribution < -0.4 is 0 Å². The zero-order valence-electron chi connectivity index (χ0n) is 11.4. The first-order valence-electron chi connectivity index (χ1n) is 6.96. The highest BCUT2D eigenvalue weighted by molar-refractivity contribution is 7.99. The molecule has 1 N–H and O–H groups in total. The summed E-state index contributed by atoms with van der Waals surface area (Å²) in [5.41, 5.74) is 0. The largest absolute Gasteiger partial charge is 0.396 e. The van der Waals surface area contributed by atoms with Gasteiger partial charge in [0.05, 0.1) is 0 Å². The summed E-state index contributed by atoms with van der Waals surface area (Å²) in [5, 5.41) is 9.66. The van der Waals surface area contributed by atoms with E-state index in [1.165, 1.54) is 0 Å². The van der Waals surface area contributed by atoms with Crippen molar-refractivity contribution in [2.75, 3.05) is 25.4 Å². The van der Waals surface area contributed by atoms with E-state index in [2.05, 4.69) is 0 Å². The lowest BCUT2D eigenvalue weighted by Crippen LogP contribution is -2.29. The van der Waals surface area contributed by atoms with E-state index in [1.54, 1.807) is 11.8 Å². The van der Waals surface area contributed by atoms with Gasteiger partial charge in [-0.3, -0.25) is 4.79 Å². The third-order valence-electron chi connectivity index (χ3n) is 3.57. The average Bonchev–Trinajstić information content (AvgIpc) is 2.90. The van der Waals surface area contributed by atoms with Crippen molar-refractivity contribution >= 4 is 29.3 Å². The van der Waals surface area contributed by atoms with Crippen molar-refractivity contribution in [3.8, 4) is 0 Å². The van der Waals surface area contributed by atoms with Gasteiger partial charge in [0.15, 0.2) is 0 Å². The zero-order chi connectivity index (χ0) is 14.4. The predicted molar refractivity (Wildman–Crippen MR) is 83.2 cm³/mol. The number of aliphatic hydroxyl groups is 1. The van der Waals surface area contributed by atoms with Gasteiger partial charge in [0.2, 0.25) is 5.91 Å². The standard InChI is InChI=1S/C15H20ClNO2S/c16-13-1-3-14(4-2-13)20-10-7-15(19)17-8-5-12(11-17)6-9-18/h1-4,12,18H,5-11H2. The van der Waals surface area contributed by atoms with Gasteiger partial charge in [-0.15, -0.1) is 11.8 Å². The van der Waals surface area contributed by atoms with Crippen LogP contribution in [0.4, 0.5) is 0 Å². The summed E-state index contributed by atoms with van der Waals surface area (Å²) in [6.45, 7) is 1.87. The van der Waals surface area contributed by atoms with Gasteiger partial charge >= 0.3 is 0 Å². The Morgan fingerprint density at radius 1 is 1.40 bits per heavy atom. The topological polar surface area (TPSA) is 40.5 Å². The first kappa shape index (κ1) is 15.7. The minimum Gasteiger partial charge on any atom is -0.396 e. The van der Waals surface area contributed by atoms with E-state index in [0.29, 0.717) is 12.3 Å². The van der Waals surface area contributed by atoms with Crippen LogP contribution in [0.2, 0.25) is 5.02 Å². The Hall–Kier alpha value is -0.710. The maximum Gasteiger partial charge on any atom is 0.223 e. The number of thioether (sulfide) groups is 1. The normalized spacial score (nSPS) is 18.5. The highest BCUT2D eigenvalue weighted by Crippen LogP contribution is 2.23. The van der Waals surface area contributed by atoms with Gasteiger partial charge in [0, 0.05) is 41.8 Å². The van der Waals surface area contributed by atoms with Crippen LogP contribution in [0.25, 0.3) is 0 Å². The lowest BCUT2D eigenvalue weighted by Gasteiger charge is -2.16. The highest BCUT2D eigenvalue weighted by atomic mass is 35.5. The van der Waals surface area contributed by atoms with Gasteiger partial charge in [0.1, 0.15) is 0 Å². The molecule has 0 radical (unpaired) electrons. The van der Waals surface area contributed by atoms with Crippen LogP contribution in [0, 0.1) is 5.92 Å². The molecule has 1 atom stereocenters. The second kappa shape index (κ2) is 7.91. The van der Waals surface area contributed by atoms with Crippen molar-refractivity contribution in [3.63, 3.8) is 0 Å². The average molecular weight is 314 g/mol. The fourth-order valence-corrected chi connectivity index (χ4v) is 3.39. The monoisotopic (exact) mass is 313 g/mol. The second-order valence-corrected chi connectivity index (χ2v) is 6.66. The summed E-state index contributed by atoms with van der Waals surface area (Å²) in [6, 6.07) is 7.69. The maximum atomic E-state index is 12.1. The van der Waals surface area contributed by atoms with Gasteiger partial charge in [-0.25, -0.2) is 0 Å². The number of nitrogens with zero attached hydrogens (tertiary/aromatic N) is 1. The number of likely N-dealkylation sites (tertiary alicyclic amines) is 1. The van der Waals surface area contributed by atoms with E-state index < -0.39 is 0 Å². The van der Waals surface area contributed by atoms with E-state index >= 15 is 0 Å². The molecule has 3 nitrogen and oxygen atoms in total. The van der Waals surface area contributed by atoms with Gasteiger partial charge < -0.3 is 10.0 Å². The quantitative estimate of drug-likeness (QED) is 0.821. The number of rotatable bonds is 6. The molecule has 0 bridgehead atoms. The number of aliphatic hydroxyl groups excluding tert-OH is 1. The molecule has 2 rings (SSSR count). The fourth-order valence-electron chi connectivity index (χ4n) is 2.42. The van der Waals surface area contributed by atoms with E-state index in [-0.39, 0.29) is 12.5 Å². The Labute approximate surface area is 129 Å². The molecular formula is C15H20ClNO2S. The summed E-state index contributed by atoms with van der Waals surface area (Å²) in [5.74, 6) is 1.50. The van der Waals surface area contributed by atoms with Crippen molar-refractivity contribution < 1.29 is 9.90 Å². The van der Waals surface area contributed by atoms with Crippen molar-refractivity contribution in [2.45, 2.75) is 24.2 Å². The number of hydrogen-bond donors (Lipinski definition) is 1. The lowest BCUT2D eigenvalue weighted by atomic mass is 10.1.